The molecule has 0 radical (unpaired) electrons. The van der Waals surface area contributed by atoms with E-state index in [1.807, 2.05) is 32.2 Å². The smallest absolute Gasteiger partial charge is 0.275 e. The number of aromatic nitrogens is 1. The van der Waals surface area contributed by atoms with E-state index in [4.69, 9.17) is 9.47 Å². The maximum Gasteiger partial charge on any atom is 0.275 e. The van der Waals surface area contributed by atoms with Crippen LogP contribution in [0.4, 0.5) is 0 Å². The first-order valence-corrected chi connectivity index (χ1v) is 8.16. The molecule has 3 rings (SSSR count). The Kier molecular flexibility index (Phi) is 4.93. The van der Waals surface area contributed by atoms with E-state index in [0.29, 0.717) is 17.1 Å². The summed E-state index contributed by atoms with van der Waals surface area (Å²) in [4.78, 5) is 12.4. The minimum atomic E-state index is -0.348. The van der Waals surface area contributed by atoms with E-state index in [-0.39, 0.29) is 5.91 Å². The van der Waals surface area contributed by atoms with Gasteiger partial charge in [-0.05, 0) is 25.1 Å². The second-order valence-corrected chi connectivity index (χ2v) is 5.84. The normalized spacial score (nSPS) is 11.1. The number of hydrogen-bond acceptors (Lipinski definition) is 4. The summed E-state index contributed by atoms with van der Waals surface area (Å²) in [6, 6.07) is 13.1. The van der Waals surface area contributed by atoms with Crippen molar-refractivity contribution in [1.82, 2.24) is 9.99 Å². The van der Waals surface area contributed by atoms with Gasteiger partial charge in [-0.3, -0.25) is 4.79 Å². The van der Waals surface area contributed by atoms with Gasteiger partial charge in [0.1, 0.15) is 11.5 Å². The maximum absolute atomic E-state index is 12.4. The van der Waals surface area contributed by atoms with Crippen LogP contribution in [0, 0.1) is 6.92 Å². The lowest BCUT2D eigenvalue weighted by Gasteiger charge is -2.08. The zero-order valence-corrected chi connectivity index (χ0v) is 15.2. The number of hydrogen-bond donors (Lipinski definition) is 1. The van der Waals surface area contributed by atoms with Crippen molar-refractivity contribution in [3.8, 4) is 11.5 Å². The number of amides is 1. The molecule has 0 atom stereocenters. The van der Waals surface area contributed by atoms with Crippen LogP contribution in [-0.4, -0.2) is 30.9 Å². The van der Waals surface area contributed by atoms with Gasteiger partial charge in [-0.1, -0.05) is 18.2 Å². The van der Waals surface area contributed by atoms with Crippen LogP contribution in [0.15, 0.2) is 47.6 Å². The molecule has 0 aliphatic carbocycles. The van der Waals surface area contributed by atoms with Crippen molar-refractivity contribution >= 4 is 23.0 Å². The number of nitrogens with one attached hydrogen (secondary N) is 1. The molecule has 26 heavy (non-hydrogen) atoms. The zero-order valence-electron chi connectivity index (χ0n) is 15.2. The van der Waals surface area contributed by atoms with Gasteiger partial charge >= 0.3 is 0 Å². The topological polar surface area (TPSA) is 64.8 Å². The number of ether oxygens (including phenoxy) is 2. The predicted molar refractivity (Wildman–Crippen MR) is 102 cm³/mol. The summed E-state index contributed by atoms with van der Waals surface area (Å²) in [5.74, 6) is 0.699. The highest BCUT2D eigenvalue weighted by Crippen LogP contribution is 2.25. The first-order valence-electron chi connectivity index (χ1n) is 8.16. The molecule has 0 fully saturated rings. The Labute approximate surface area is 152 Å². The third kappa shape index (κ3) is 3.13. The van der Waals surface area contributed by atoms with Crippen LogP contribution in [0.3, 0.4) is 0 Å². The molecule has 0 saturated heterocycles. The summed E-state index contributed by atoms with van der Waals surface area (Å²) in [5, 5.41) is 5.23. The summed E-state index contributed by atoms with van der Waals surface area (Å²) in [5.41, 5.74) is 6.12. The minimum absolute atomic E-state index is 0.348. The van der Waals surface area contributed by atoms with Crippen LogP contribution in [0.25, 0.3) is 10.9 Å². The van der Waals surface area contributed by atoms with Crippen molar-refractivity contribution < 1.29 is 14.3 Å². The van der Waals surface area contributed by atoms with Crippen LogP contribution in [-0.2, 0) is 7.05 Å². The van der Waals surface area contributed by atoms with Gasteiger partial charge in [-0.25, -0.2) is 5.43 Å². The molecule has 0 aliphatic rings. The highest BCUT2D eigenvalue weighted by Gasteiger charge is 2.13. The Balaban J connectivity index is 1.84. The van der Waals surface area contributed by atoms with Crippen LogP contribution in [0.1, 0.15) is 21.6 Å². The van der Waals surface area contributed by atoms with Crippen LogP contribution in [0.2, 0.25) is 0 Å². The Morgan fingerprint density at radius 2 is 1.92 bits per heavy atom. The molecule has 0 saturated carbocycles. The lowest BCUT2D eigenvalue weighted by Crippen LogP contribution is -2.18. The predicted octanol–water partition coefficient (Wildman–Crippen LogP) is 3.27. The monoisotopic (exact) mass is 351 g/mol. The van der Waals surface area contributed by atoms with Gasteiger partial charge in [0, 0.05) is 35.3 Å². The molecule has 0 unspecified atom stereocenters. The first kappa shape index (κ1) is 17.5. The molecular weight excluding hydrogens is 330 g/mol. The zero-order chi connectivity index (χ0) is 18.7. The first-order chi connectivity index (χ1) is 12.6. The molecule has 0 aliphatic heterocycles. The van der Waals surface area contributed by atoms with E-state index in [9.17, 15) is 4.79 Å². The quantitative estimate of drug-likeness (QED) is 0.567. The molecule has 6 nitrogen and oxygen atoms in total. The highest BCUT2D eigenvalue weighted by atomic mass is 16.5. The Bertz CT molecular complexity index is 989. The SMILES string of the molecule is COc1ccc(C(=O)NN=Cc2c(C)n(C)c3ccccc23)c(OC)c1. The van der Waals surface area contributed by atoms with Gasteiger partial charge in [0.15, 0.2) is 0 Å². The number of fused-ring (bicyclic) bond motifs is 1. The minimum Gasteiger partial charge on any atom is -0.497 e. The fourth-order valence-electron chi connectivity index (χ4n) is 2.91. The highest BCUT2D eigenvalue weighted by molar-refractivity contribution is 6.02. The van der Waals surface area contributed by atoms with Crippen molar-refractivity contribution in [2.75, 3.05) is 14.2 Å². The molecular formula is C20H21N3O3. The molecule has 6 heteroatoms. The second kappa shape index (κ2) is 7.31. The number of benzene rings is 2. The third-order valence-electron chi connectivity index (χ3n) is 4.46. The van der Waals surface area contributed by atoms with Crippen LogP contribution < -0.4 is 14.9 Å². The van der Waals surface area contributed by atoms with Crippen molar-refractivity contribution in [2.24, 2.45) is 12.1 Å². The van der Waals surface area contributed by atoms with Gasteiger partial charge in [0.05, 0.1) is 26.0 Å². The Morgan fingerprint density at radius 3 is 2.65 bits per heavy atom. The fraction of sp³-hybridized carbons (Fsp3) is 0.200. The summed E-state index contributed by atoms with van der Waals surface area (Å²) in [6.45, 7) is 2.02. The Hall–Kier alpha value is -3.28. The third-order valence-corrected chi connectivity index (χ3v) is 4.46. The number of aryl methyl sites for hydroxylation is 1. The molecule has 2 aromatic carbocycles. The number of nitrogens with zero attached hydrogens (tertiary/aromatic N) is 2. The van der Waals surface area contributed by atoms with Crippen molar-refractivity contribution in [2.45, 2.75) is 6.92 Å². The maximum atomic E-state index is 12.4. The second-order valence-electron chi connectivity index (χ2n) is 5.84. The number of carbonyl (C=O) groups is 1. The largest absolute Gasteiger partial charge is 0.497 e. The van der Waals surface area contributed by atoms with Crippen LogP contribution in [0.5, 0.6) is 11.5 Å². The average Bonchev–Trinajstić information content (AvgIpc) is 2.92. The van der Waals surface area contributed by atoms with E-state index < -0.39 is 0 Å². The van der Waals surface area contributed by atoms with Crippen molar-refractivity contribution in [3.63, 3.8) is 0 Å². The van der Waals surface area contributed by atoms with Gasteiger partial charge < -0.3 is 14.0 Å². The molecule has 1 N–H and O–H groups in total. The van der Waals surface area contributed by atoms with Gasteiger partial charge in [-0.2, -0.15) is 5.10 Å². The number of para-hydroxylation sites is 1. The van der Waals surface area contributed by atoms with Gasteiger partial charge in [-0.15, -0.1) is 0 Å². The van der Waals surface area contributed by atoms with Gasteiger partial charge in [0.2, 0.25) is 0 Å². The summed E-state index contributed by atoms with van der Waals surface area (Å²) in [7, 11) is 5.08. The van der Waals surface area contributed by atoms with E-state index in [1.165, 1.54) is 7.11 Å². The summed E-state index contributed by atoms with van der Waals surface area (Å²) < 4.78 is 12.5. The number of methoxy groups -OCH3 is 2. The fourth-order valence-corrected chi connectivity index (χ4v) is 2.91. The molecule has 134 valence electrons. The molecule has 1 aromatic heterocycles. The molecule has 1 amide bonds. The lowest BCUT2D eigenvalue weighted by molar-refractivity contribution is 0.0952. The van der Waals surface area contributed by atoms with E-state index in [0.717, 1.165) is 22.2 Å². The molecule has 0 bridgehead atoms. The summed E-state index contributed by atoms with van der Waals surface area (Å²) >= 11 is 0. The molecule has 1 heterocycles. The lowest BCUT2D eigenvalue weighted by atomic mass is 10.1. The average molecular weight is 351 g/mol. The number of rotatable bonds is 5. The Morgan fingerprint density at radius 1 is 1.15 bits per heavy atom. The molecule has 3 aromatic rings. The number of hydrazone groups is 1. The molecule has 0 spiro atoms. The van der Waals surface area contributed by atoms with E-state index >= 15 is 0 Å². The standard InChI is InChI=1S/C20H21N3O3/c1-13-17(15-7-5-6-8-18(15)23(13)2)12-21-22-20(24)16-10-9-14(25-3)11-19(16)26-4/h5-12H,1-4H3,(H,22,24). The van der Waals surface area contributed by atoms with Crippen molar-refractivity contribution in [1.29, 1.82) is 0 Å². The number of carbonyl (C=O) groups excluding carboxylic acids is 1. The van der Waals surface area contributed by atoms with Crippen molar-refractivity contribution in [3.05, 3.63) is 59.3 Å². The van der Waals surface area contributed by atoms with E-state index in [2.05, 4.69) is 21.2 Å². The van der Waals surface area contributed by atoms with E-state index in [1.54, 1.807) is 31.5 Å². The van der Waals surface area contributed by atoms with Gasteiger partial charge in [0.25, 0.3) is 5.91 Å². The summed E-state index contributed by atoms with van der Waals surface area (Å²) in [6.07, 6.45) is 1.67. The van der Waals surface area contributed by atoms with Crippen LogP contribution >= 0.6 is 0 Å².